The topological polar surface area (TPSA) is 54.3 Å². The van der Waals surface area contributed by atoms with Crippen LogP contribution in [0.2, 0.25) is 0 Å². The Bertz CT molecular complexity index is 919. The van der Waals surface area contributed by atoms with Gasteiger partial charge in [-0.1, -0.05) is 36.4 Å². The monoisotopic (exact) mass is 377 g/mol. The van der Waals surface area contributed by atoms with E-state index >= 15 is 0 Å². The van der Waals surface area contributed by atoms with E-state index in [1.165, 1.54) is 5.56 Å². The number of piperidine rings is 1. The number of carbonyl (C=O) groups excluding carboxylic acids is 1. The largest absolute Gasteiger partial charge is 0.352 e. The molecule has 2 bridgehead atoms. The lowest BCUT2D eigenvalue weighted by atomic mass is 9.76. The van der Waals surface area contributed by atoms with Gasteiger partial charge in [0.1, 0.15) is 0 Å². The summed E-state index contributed by atoms with van der Waals surface area (Å²) in [5, 5.41) is 3.11. The van der Waals surface area contributed by atoms with Crippen LogP contribution in [0.3, 0.4) is 0 Å². The molecule has 5 rings (SSSR count). The van der Waals surface area contributed by atoms with Gasteiger partial charge in [-0.3, -0.25) is 14.5 Å². The van der Waals surface area contributed by atoms with E-state index in [0.29, 0.717) is 24.4 Å². The van der Waals surface area contributed by atoms with Gasteiger partial charge in [-0.2, -0.15) is 0 Å². The van der Waals surface area contributed by atoms with Crippen LogP contribution in [0.5, 0.6) is 0 Å². The molecule has 146 valence electrons. The number of carbonyl (C=O) groups is 1. The molecule has 0 unspecified atom stereocenters. The Balaban J connectivity index is 1.42. The molecule has 1 aliphatic carbocycles. The third-order valence-electron chi connectivity index (χ3n) is 6.47. The summed E-state index contributed by atoms with van der Waals surface area (Å²) >= 11 is 0. The van der Waals surface area contributed by atoms with Gasteiger partial charge in [-0.25, -0.2) is 0 Å². The predicted octanol–water partition coefficient (Wildman–Crippen LogP) is 2.33. The van der Waals surface area contributed by atoms with Gasteiger partial charge in [0.2, 0.25) is 5.91 Å². The summed E-state index contributed by atoms with van der Waals surface area (Å²) in [6.45, 7) is 2.21. The third kappa shape index (κ3) is 3.51. The van der Waals surface area contributed by atoms with E-state index in [9.17, 15) is 9.59 Å². The summed E-state index contributed by atoms with van der Waals surface area (Å²) in [5.74, 6) is 0.862. The molecule has 1 N–H and O–H groups in total. The molecule has 5 heteroatoms. The van der Waals surface area contributed by atoms with E-state index in [4.69, 9.17) is 0 Å². The second kappa shape index (κ2) is 7.21. The molecule has 5 nitrogen and oxygen atoms in total. The van der Waals surface area contributed by atoms with E-state index in [1.54, 1.807) is 6.07 Å². The van der Waals surface area contributed by atoms with E-state index < -0.39 is 0 Å². The molecule has 3 heterocycles. The molecule has 28 heavy (non-hydrogen) atoms. The average molecular weight is 377 g/mol. The fourth-order valence-corrected chi connectivity index (χ4v) is 5.09. The van der Waals surface area contributed by atoms with Gasteiger partial charge < -0.3 is 9.88 Å². The molecule has 1 aromatic carbocycles. The highest BCUT2D eigenvalue weighted by atomic mass is 16.2. The summed E-state index contributed by atoms with van der Waals surface area (Å²) in [6, 6.07) is 16.7. The number of benzene rings is 1. The number of pyridine rings is 1. The van der Waals surface area contributed by atoms with Crippen molar-refractivity contribution in [1.29, 1.82) is 0 Å². The van der Waals surface area contributed by atoms with Crippen molar-refractivity contribution in [3.63, 3.8) is 0 Å². The first kappa shape index (κ1) is 17.7. The SMILES string of the molecule is O=C(CN1C[C@H]2C[C@@H](C1)[C@H](Cc1ccccc1)n1c2cccc1=O)NC1CC1. The first-order valence-corrected chi connectivity index (χ1v) is 10.4. The minimum Gasteiger partial charge on any atom is -0.352 e. The van der Waals surface area contributed by atoms with Crippen molar-refractivity contribution in [3.05, 3.63) is 70.1 Å². The van der Waals surface area contributed by atoms with Crippen molar-refractivity contribution in [1.82, 2.24) is 14.8 Å². The van der Waals surface area contributed by atoms with Crippen molar-refractivity contribution in [2.24, 2.45) is 5.92 Å². The van der Waals surface area contributed by atoms with Crippen LogP contribution in [0.4, 0.5) is 0 Å². The number of likely N-dealkylation sites (tertiary alicyclic amines) is 1. The number of amides is 1. The Kier molecular flexibility index (Phi) is 4.55. The third-order valence-corrected chi connectivity index (χ3v) is 6.47. The first-order chi connectivity index (χ1) is 13.7. The minimum atomic E-state index is 0.105. The fraction of sp³-hybridized carbons (Fsp3) is 0.478. The maximum absolute atomic E-state index is 12.8. The summed E-state index contributed by atoms with van der Waals surface area (Å²) in [5.41, 5.74) is 2.50. The van der Waals surface area contributed by atoms with Gasteiger partial charge in [0, 0.05) is 42.9 Å². The predicted molar refractivity (Wildman–Crippen MR) is 108 cm³/mol. The highest BCUT2D eigenvalue weighted by Gasteiger charge is 2.41. The number of nitrogens with zero attached hydrogens (tertiary/aromatic N) is 2. The summed E-state index contributed by atoms with van der Waals surface area (Å²) in [4.78, 5) is 27.4. The molecule has 2 aliphatic heterocycles. The van der Waals surface area contributed by atoms with Crippen molar-refractivity contribution in [3.8, 4) is 0 Å². The number of aromatic nitrogens is 1. The van der Waals surface area contributed by atoms with Gasteiger partial charge in [0.15, 0.2) is 0 Å². The van der Waals surface area contributed by atoms with E-state index in [1.807, 2.05) is 16.7 Å². The van der Waals surface area contributed by atoms with Crippen LogP contribution < -0.4 is 10.9 Å². The van der Waals surface area contributed by atoms with Crippen LogP contribution in [0.25, 0.3) is 0 Å². The lowest BCUT2D eigenvalue weighted by Crippen LogP contribution is -2.52. The molecule has 1 amide bonds. The number of hydrogen-bond acceptors (Lipinski definition) is 3. The van der Waals surface area contributed by atoms with Crippen LogP contribution in [0.1, 0.15) is 42.5 Å². The zero-order valence-corrected chi connectivity index (χ0v) is 16.1. The molecule has 1 saturated carbocycles. The normalized spacial score (nSPS) is 26.5. The Morgan fingerprint density at radius 2 is 1.86 bits per heavy atom. The molecule has 2 fully saturated rings. The molecule has 3 atom stereocenters. The van der Waals surface area contributed by atoms with Crippen molar-refractivity contribution in [2.45, 2.75) is 43.7 Å². The lowest BCUT2D eigenvalue weighted by molar-refractivity contribution is -0.123. The molecule has 3 aliphatic rings. The second-order valence-electron chi connectivity index (χ2n) is 8.64. The zero-order chi connectivity index (χ0) is 19.1. The van der Waals surface area contributed by atoms with Crippen molar-refractivity contribution >= 4 is 5.91 Å². The molecule has 0 radical (unpaired) electrons. The van der Waals surface area contributed by atoms with E-state index in [0.717, 1.165) is 44.5 Å². The van der Waals surface area contributed by atoms with Crippen LogP contribution in [0.15, 0.2) is 53.3 Å². The van der Waals surface area contributed by atoms with Crippen molar-refractivity contribution < 1.29 is 4.79 Å². The summed E-state index contributed by atoms with van der Waals surface area (Å²) in [6.07, 6.45) is 4.19. The van der Waals surface area contributed by atoms with Gasteiger partial charge in [0.25, 0.3) is 5.56 Å². The number of nitrogens with one attached hydrogen (secondary N) is 1. The Hall–Kier alpha value is -2.40. The number of hydrogen-bond donors (Lipinski definition) is 1. The Labute approximate surface area is 165 Å². The minimum absolute atomic E-state index is 0.105. The lowest BCUT2D eigenvalue weighted by Gasteiger charge is -2.47. The van der Waals surface area contributed by atoms with Crippen LogP contribution >= 0.6 is 0 Å². The quantitative estimate of drug-likeness (QED) is 0.870. The maximum Gasteiger partial charge on any atom is 0.251 e. The zero-order valence-electron chi connectivity index (χ0n) is 16.1. The maximum atomic E-state index is 12.8. The smallest absolute Gasteiger partial charge is 0.251 e. The standard InChI is InChI=1S/C23H27N3O2/c27-22(24-19-9-10-19)15-25-13-17-12-18(14-25)21(11-16-5-2-1-3-6-16)26-20(17)7-4-8-23(26)28/h1-8,17-19,21H,9-15H2,(H,24,27)/t17-,18+,21+/m1/s1. The second-order valence-corrected chi connectivity index (χ2v) is 8.64. The van der Waals surface area contributed by atoms with Crippen LogP contribution in [-0.4, -0.2) is 41.1 Å². The highest BCUT2D eigenvalue weighted by molar-refractivity contribution is 5.78. The summed E-state index contributed by atoms with van der Waals surface area (Å²) < 4.78 is 2.05. The molecule has 2 aromatic rings. The Morgan fingerprint density at radius 3 is 2.64 bits per heavy atom. The van der Waals surface area contributed by atoms with Gasteiger partial charge in [-0.05, 0) is 43.2 Å². The molecule has 0 spiro atoms. The van der Waals surface area contributed by atoms with Crippen LogP contribution in [-0.2, 0) is 11.2 Å². The van der Waals surface area contributed by atoms with Gasteiger partial charge in [-0.15, -0.1) is 0 Å². The fourth-order valence-electron chi connectivity index (χ4n) is 5.09. The van der Waals surface area contributed by atoms with E-state index in [2.05, 4.69) is 40.5 Å². The van der Waals surface area contributed by atoms with Crippen LogP contribution in [0, 0.1) is 5.92 Å². The molecular formula is C23H27N3O2. The highest BCUT2D eigenvalue weighted by Crippen LogP contribution is 2.42. The number of rotatable bonds is 5. The number of fused-ring (bicyclic) bond motifs is 4. The molecular weight excluding hydrogens is 350 g/mol. The average Bonchev–Trinajstić information content (AvgIpc) is 3.50. The molecule has 1 saturated heterocycles. The summed E-state index contributed by atoms with van der Waals surface area (Å²) in [7, 11) is 0. The Morgan fingerprint density at radius 1 is 1.04 bits per heavy atom. The van der Waals surface area contributed by atoms with E-state index in [-0.39, 0.29) is 17.5 Å². The molecule has 1 aromatic heterocycles. The van der Waals surface area contributed by atoms with Gasteiger partial charge in [0.05, 0.1) is 6.54 Å². The van der Waals surface area contributed by atoms with Crippen molar-refractivity contribution in [2.75, 3.05) is 19.6 Å². The first-order valence-electron chi connectivity index (χ1n) is 10.4. The van der Waals surface area contributed by atoms with Gasteiger partial charge >= 0.3 is 0 Å².